The van der Waals surface area contributed by atoms with Crippen LogP contribution in [0, 0.1) is 0 Å². The Balaban J connectivity index is 1.84. The number of para-hydroxylation sites is 1. The van der Waals surface area contributed by atoms with Crippen LogP contribution in [0.5, 0.6) is 0 Å². The largest absolute Gasteiger partial charge is 0.416 e. The Hall–Kier alpha value is -3.02. The van der Waals surface area contributed by atoms with Gasteiger partial charge in [-0.25, -0.2) is 13.4 Å². The van der Waals surface area contributed by atoms with E-state index < -0.39 is 27.8 Å². The van der Waals surface area contributed by atoms with Gasteiger partial charge in [0.25, 0.3) is 5.56 Å². The monoisotopic (exact) mass is 565 g/mol. The minimum atomic E-state index is -4.59. The van der Waals surface area contributed by atoms with Crippen molar-refractivity contribution in [2.24, 2.45) is 0 Å². The Morgan fingerprint density at radius 2 is 1.57 bits per heavy atom. The van der Waals surface area contributed by atoms with Crippen molar-refractivity contribution >= 4 is 36.9 Å². The molecular formula is C24H19BrF3N3O3S. The Morgan fingerprint density at radius 1 is 0.971 bits per heavy atom. The summed E-state index contributed by atoms with van der Waals surface area (Å²) < 4.78 is 68.4. The van der Waals surface area contributed by atoms with E-state index in [1.165, 1.54) is 11.6 Å². The summed E-state index contributed by atoms with van der Waals surface area (Å²) in [5.74, 6) is 0.161. The van der Waals surface area contributed by atoms with Gasteiger partial charge in [-0.05, 0) is 67.6 Å². The lowest BCUT2D eigenvalue weighted by molar-refractivity contribution is -0.137. The van der Waals surface area contributed by atoms with Gasteiger partial charge in [0.1, 0.15) is 5.82 Å². The molecule has 182 valence electrons. The smallest absolute Gasteiger partial charge is 0.268 e. The second-order valence-electron chi connectivity index (χ2n) is 7.82. The molecule has 4 aromatic rings. The number of sulfonamides is 1. The fraction of sp³-hybridized carbons (Fsp3) is 0.167. The van der Waals surface area contributed by atoms with Crippen LogP contribution in [-0.2, 0) is 16.2 Å². The molecule has 1 unspecified atom stereocenters. The molecule has 35 heavy (non-hydrogen) atoms. The topological polar surface area (TPSA) is 72.3 Å². The molecule has 0 amide bonds. The third-order valence-corrected chi connectivity index (χ3v) is 8.14. The van der Waals surface area contributed by atoms with Gasteiger partial charge in [-0.2, -0.15) is 17.5 Å². The summed E-state index contributed by atoms with van der Waals surface area (Å²) in [7, 11) is -2.92. The average molecular weight is 566 g/mol. The normalized spacial score (nSPS) is 13.3. The van der Waals surface area contributed by atoms with Gasteiger partial charge in [-0.1, -0.05) is 28.1 Å². The summed E-state index contributed by atoms with van der Waals surface area (Å²) in [6.07, 6.45) is -4.59. The minimum absolute atomic E-state index is 0.161. The molecular weight excluding hydrogens is 547 g/mol. The van der Waals surface area contributed by atoms with Crippen LogP contribution in [0.3, 0.4) is 0 Å². The number of hydrogen-bond donors (Lipinski definition) is 0. The van der Waals surface area contributed by atoms with Gasteiger partial charge in [0, 0.05) is 11.5 Å². The molecule has 0 aliphatic rings. The van der Waals surface area contributed by atoms with Gasteiger partial charge in [0.2, 0.25) is 10.0 Å². The highest BCUT2D eigenvalue weighted by atomic mass is 79.9. The highest BCUT2D eigenvalue weighted by Gasteiger charge is 2.33. The first-order chi connectivity index (χ1) is 16.4. The van der Waals surface area contributed by atoms with Crippen molar-refractivity contribution in [3.63, 3.8) is 0 Å². The summed E-state index contributed by atoms with van der Waals surface area (Å²) >= 11 is 3.36. The van der Waals surface area contributed by atoms with Crippen LogP contribution in [0.2, 0.25) is 0 Å². The van der Waals surface area contributed by atoms with E-state index in [1.807, 2.05) is 0 Å². The van der Waals surface area contributed by atoms with Crippen molar-refractivity contribution in [2.75, 3.05) is 7.05 Å². The van der Waals surface area contributed by atoms with E-state index >= 15 is 0 Å². The first-order valence-electron chi connectivity index (χ1n) is 10.3. The van der Waals surface area contributed by atoms with Crippen molar-refractivity contribution < 1.29 is 21.6 Å². The molecule has 4 rings (SSSR count). The van der Waals surface area contributed by atoms with Crippen LogP contribution in [0.15, 0.2) is 87.0 Å². The number of nitrogens with zero attached hydrogens (tertiary/aromatic N) is 3. The van der Waals surface area contributed by atoms with E-state index in [1.54, 1.807) is 55.5 Å². The van der Waals surface area contributed by atoms with Crippen LogP contribution < -0.4 is 5.56 Å². The zero-order chi connectivity index (χ0) is 25.5. The van der Waals surface area contributed by atoms with Crippen molar-refractivity contribution in [2.45, 2.75) is 24.0 Å². The molecule has 6 nitrogen and oxygen atoms in total. The van der Waals surface area contributed by atoms with E-state index in [0.717, 1.165) is 33.0 Å². The van der Waals surface area contributed by atoms with E-state index in [4.69, 9.17) is 0 Å². The first kappa shape index (κ1) is 25.1. The molecule has 0 spiro atoms. The fourth-order valence-corrected chi connectivity index (χ4v) is 5.21. The highest BCUT2D eigenvalue weighted by molar-refractivity contribution is 9.10. The number of rotatable bonds is 5. The molecule has 0 aliphatic heterocycles. The lowest BCUT2D eigenvalue weighted by Gasteiger charge is -2.26. The minimum Gasteiger partial charge on any atom is -0.268 e. The van der Waals surface area contributed by atoms with Crippen LogP contribution in [0.4, 0.5) is 13.2 Å². The van der Waals surface area contributed by atoms with Gasteiger partial charge >= 0.3 is 6.18 Å². The lowest BCUT2D eigenvalue weighted by atomic mass is 10.2. The number of halogens is 4. The second-order valence-corrected chi connectivity index (χ2v) is 10.7. The molecule has 1 aromatic heterocycles. The van der Waals surface area contributed by atoms with Crippen LogP contribution in [0.1, 0.15) is 24.4 Å². The molecule has 3 aromatic carbocycles. The SMILES string of the molecule is CC(c1nc2ccccc2c(=O)n1-c1ccc(Br)cc1)N(C)S(=O)(=O)c1ccc(C(F)(F)F)cc1. The maximum absolute atomic E-state index is 13.4. The summed E-state index contributed by atoms with van der Waals surface area (Å²) in [6, 6.07) is 15.9. The van der Waals surface area contributed by atoms with Crippen molar-refractivity contribution in [3.05, 3.63) is 99.0 Å². The molecule has 0 N–H and O–H groups in total. The van der Waals surface area contributed by atoms with Crippen molar-refractivity contribution in [1.29, 1.82) is 0 Å². The Kier molecular flexibility index (Phi) is 6.60. The van der Waals surface area contributed by atoms with E-state index in [9.17, 15) is 26.4 Å². The molecule has 1 atom stereocenters. The van der Waals surface area contributed by atoms with Gasteiger partial charge in [-0.3, -0.25) is 9.36 Å². The van der Waals surface area contributed by atoms with Gasteiger partial charge in [0.15, 0.2) is 0 Å². The third-order valence-electron chi connectivity index (χ3n) is 5.66. The molecule has 1 heterocycles. The quantitative estimate of drug-likeness (QED) is 0.318. The van der Waals surface area contributed by atoms with Crippen LogP contribution in [-0.4, -0.2) is 29.3 Å². The predicted octanol–water partition coefficient (Wildman–Crippen LogP) is 5.55. The second kappa shape index (κ2) is 9.21. The maximum atomic E-state index is 13.4. The van der Waals surface area contributed by atoms with E-state index in [0.29, 0.717) is 16.6 Å². The average Bonchev–Trinajstić information content (AvgIpc) is 2.83. The maximum Gasteiger partial charge on any atom is 0.416 e. The van der Waals surface area contributed by atoms with Crippen molar-refractivity contribution in [1.82, 2.24) is 13.9 Å². The fourth-order valence-electron chi connectivity index (χ4n) is 3.62. The molecule has 11 heteroatoms. The molecule has 0 saturated heterocycles. The zero-order valence-electron chi connectivity index (χ0n) is 18.5. The van der Waals surface area contributed by atoms with Crippen LogP contribution >= 0.6 is 15.9 Å². The molecule has 0 radical (unpaired) electrons. The Bertz CT molecular complexity index is 1550. The lowest BCUT2D eigenvalue weighted by Crippen LogP contribution is -2.35. The highest BCUT2D eigenvalue weighted by Crippen LogP contribution is 2.31. The number of hydrogen-bond acceptors (Lipinski definition) is 4. The van der Waals surface area contributed by atoms with E-state index in [2.05, 4.69) is 20.9 Å². The Morgan fingerprint density at radius 3 is 2.17 bits per heavy atom. The van der Waals surface area contributed by atoms with Gasteiger partial charge in [0.05, 0.1) is 33.1 Å². The van der Waals surface area contributed by atoms with E-state index in [-0.39, 0.29) is 16.3 Å². The third kappa shape index (κ3) is 4.75. The number of alkyl halides is 3. The molecule has 0 saturated carbocycles. The number of benzene rings is 3. The molecule has 0 aliphatic carbocycles. The van der Waals surface area contributed by atoms with Gasteiger partial charge < -0.3 is 0 Å². The summed E-state index contributed by atoms with van der Waals surface area (Å²) in [4.78, 5) is 17.7. The number of aromatic nitrogens is 2. The molecule has 0 bridgehead atoms. The standard InChI is InChI=1S/C24H19BrF3N3O3S/c1-15(30(2)35(33,34)19-13-7-16(8-14-19)24(26,27)28)22-29-21-6-4-3-5-20(21)23(32)31(22)18-11-9-17(25)10-12-18/h3-15H,1-2H3. The molecule has 0 fully saturated rings. The number of fused-ring (bicyclic) bond motifs is 1. The zero-order valence-corrected chi connectivity index (χ0v) is 20.9. The van der Waals surface area contributed by atoms with Crippen molar-refractivity contribution in [3.8, 4) is 5.69 Å². The first-order valence-corrected chi connectivity index (χ1v) is 12.6. The summed E-state index contributed by atoms with van der Waals surface area (Å²) in [5, 5.41) is 0.361. The van der Waals surface area contributed by atoms with Crippen LogP contribution in [0.25, 0.3) is 16.6 Å². The van der Waals surface area contributed by atoms with Gasteiger partial charge in [-0.15, -0.1) is 0 Å². The summed E-state index contributed by atoms with van der Waals surface area (Å²) in [5.41, 5.74) is -0.445. The summed E-state index contributed by atoms with van der Waals surface area (Å²) in [6.45, 7) is 1.56. The Labute approximate surface area is 207 Å². The predicted molar refractivity (Wildman–Crippen MR) is 130 cm³/mol.